The third kappa shape index (κ3) is 5.47. The highest BCUT2D eigenvalue weighted by atomic mass is 32.2. The molecular weight excluding hydrogens is 468 g/mol. The number of hydrogen-bond acceptors (Lipinski definition) is 6. The van der Waals surface area contributed by atoms with Crippen molar-refractivity contribution in [2.75, 3.05) is 25.0 Å². The van der Waals surface area contributed by atoms with Crippen LogP contribution in [0.25, 0.3) is 11.3 Å². The molecule has 0 bridgehead atoms. The third-order valence-electron chi connectivity index (χ3n) is 5.84. The zero-order valence-electron chi connectivity index (χ0n) is 19.7. The summed E-state index contributed by atoms with van der Waals surface area (Å²) in [4.78, 5) is 24.3. The van der Waals surface area contributed by atoms with Gasteiger partial charge in [0.25, 0.3) is 5.91 Å². The Morgan fingerprint density at radius 1 is 1.00 bits per heavy atom. The Hall–Kier alpha value is -3.43. The number of Topliss-reactive ketones (excluding diaryl/α,β-unsaturated/α-hetero) is 1. The number of nitrogens with zero attached hydrogens (tertiary/aromatic N) is 1. The van der Waals surface area contributed by atoms with Crippen LogP contribution in [0.1, 0.15) is 54.0 Å². The maximum atomic E-state index is 13.3. The molecule has 0 unspecified atom stereocenters. The SMILES string of the molecule is CCOc1ccc(NC(=O)c2ccc(-c3ccc(C(C)=O)cc3)o2)cc1S(=O)(=O)N1CCCCC1. The van der Waals surface area contributed by atoms with Crippen molar-refractivity contribution in [3.8, 4) is 17.1 Å². The first-order valence-electron chi connectivity index (χ1n) is 11.6. The zero-order chi connectivity index (χ0) is 25.0. The van der Waals surface area contributed by atoms with Crippen molar-refractivity contribution in [1.29, 1.82) is 0 Å². The van der Waals surface area contributed by atoms with Crippen LogP contribution in [-0.4, -0.2) is 44.1 Å². The van der Waals surface area contributed by atoms with Gasteiger partial charge in [-0.05, 0) is 57.0 Å². The first-order chi connectivity index (χ1) is 16.8. The first kappa shape index (κ1) is 24.7. The van der Waals surface area contributed by atoms with Crippen LogP contribution in [0.2, 0.25) is 0 Å². The molecule has 3 aromatic rings. The molecule has 1 saturated heterocycles. The number of carbonyl (C=O) groups excluding carboxylic acids is 2. The molecule has 0 radical (unpaired) electrons. The average Bonchev–Trinajstić information content (AvgIpc) is 3.36. The number of ether oxygens (including phenoxy) is 1. The Morgan fingerprint density at radius 3 is 2.37 bits per heavy atom. The molecule has 1 N–H and O–H groups in total. The van der Waals surface area contributed by atoms with Gasteiger partial charge in [0.15, 0.2) is 11.5 Å². The van der Waals surface area contributed by atoms with Gasteiger partial charge < -0.3 is 14.5 Å². The number of hydrogen-bond donors (Lipinski definition) is 1. The molecule has 0 atom stereocenters. The van der Waals surface area contributed by atoms with E-state index in [4.69, 9.17) is 9.15 Å². The summed E-state index contributed by atoms with van der Waals surface area (Å²) in [7, 11) is -3.77. The Morgan fingerprint density at radius 2 is 1.71 bits per heavy atom. The third-order valence-corrected chi connectivity index (χ3v) is 7.76. The van der Waals surface area contributed by atoms with Crippen LogP contribution in [0.5, 0.6) is 5.75 Å². The summed E-state index contributed by atoms with van der Waals surface area (Å²) >= 11 is 0. The average molecular weight is 497 g/mol. The molecule has 9 heteroatoms. The van der Waals surface area contributed by atoms with Gasteiger partial charge in [-0.1, -0.05) is 30.7 Å². The standard InChI is InChI=1S/C26H28N2O6S/c1-3-33-23-12-11-21(17-25(23)35(31,32)28-15-5-4-6-16-28)27-26(30)24-14-13-22(34-24)20-9-7-19(8-10-20)18(2)29/h7-14,17H,3-6,15-16H2,1-2H3,(H,27,30). The predicted molar refractivity (Wildman–Crippen MR) is 132 cm³/mol. The minimum Gasteiger partial charge on any atom is -0.492 e. The number of benzene rings is 2. The fraction of sp³-hybridized carbons (Fsp3) is 0.308. The number of amides is 1. The Kier molecular flexibility index (Phi) is 7.37. The summed E-state index contributed by atoms with van der Waals surface area (Å²) < 4.78 is 39.4. The summed E-state index contributed by atoms with van der Waals surface area (Å²) in [6.07, 6.45) is 2.64. The van der Waals surface area contributed by atoms with Crippen molar-refractivity contribution in [3.63, 3.8) is 0 Å². The van der Waals surface area contributed by atoms with Gasteiger partial charge in [-0.25, -0.2) is 8.42 Å². The van der Waals surface area contributed by atoms with Gasteiger partial charge in [0, 0.05) is 29.9 Å². The lowest BCUT2D eigenvalue weighted by molar-refractivity contribution is 0.0994. The van der Waals surface area contributed by atoms with Crippen molar-refractivity contribution in [2.45, 2.75) is 38.0 Å². The van der Waals surface area contributed by atoms with Gasteiger partial charge in [0.05, 0.1) is 6.61 Å². The lowest BCUT2D eigenvalue weighted by atomic mass is 10.1. The number of rotatable bonds is 8. The Bertz CT molecular complexity index is 1320. The van der Waals surface area contributed by atoms with E-state index in [-0.39, 0.29) is 22.2 Å². The molecule has 4 rings (SSSR count). The molecule has 2 heterocycles. The van der Waals surface area contributed by atoms with E-state index in [9.17, 15) is 18.0 Å². The highest BCUT2D eigenvalue weighted by molar-refractivity contribution is 7.89. The van der Waals surface area contributed by atoms with Crippen LogP contribution in [0.3, 0.4) is 0 Å². The number of sulfonamides is 1. The second-order valence-electron chi connectivity index (χ2n) is 8.31. The number of nitrogens with one attached hydrogen (secondary N) is 1. The number of carbonyl (C=O) groups is 2. The quantitative estimate of drug-likeness (QED) is 0.441. The monoisotopic (exact) mass is 496 g/mol. The molecule has 0 saturated carbocycles. The van der Waals surface area contributed by atoms with Crippen molar-refractivity contribution >= 4 is 27.4 Å². The van der Waals surface area contributed by atoms with Gasteiger partial charge in [0.2, 0.25) is 10.0 Å². The molecule has 1 aliphatic heterocycles. The molecule has 1 amide bonds. The molecule has 0 spiro atoms. The van der Waals surface area contributed by atoms with E-state index in [1.807, 2.05) is 0 Å². The molecular formula is C26H28N2O6S. The number of piperidine rings is 1. The second kappa shape index (κ2) is 10.5. The van der Waals surface area contributed by atoms with E-state index in [0.29, 0.717) is 36.7 Å². The lowest BCUT2D eigenvalue weighted by Crippen LogP contribution is -2.35. The number of furan rings is 1. The summed E-state index contributed by atoms with van der Waals surface area (Å²) in [5.41, 5.74) is 1.63. The van der Waals surface area contributed by atoms with Crippen molar-refractivity contribution in [1.82, 2.24) is 4.31 Å². The molecule has 8 nitrogen and oxygen atoms in total. The molecule has 1 aliphatic rings. The van der Waals surface area contributed by atoms with Crippen molar-refractivity contribution in [3.05, 3.63) is 65.9 Å². The van der Waals surface area contributed by atoms with E-state index in [0.717, 1.165) is 24.8 Å². The van der Waals surface area contributed by atoms with E-state index < -0.39 is 15.9 Å². The molecule has 1 fully saturated rings. The van der Waals surface area contributed by atoms with Gasteiger partial charge in [0.1, 0.15) is 16.4 Å². The van der Waals surface area contributed by atoms with Gasteiger partial charge in [-0.3, -0.25) is 9.59 Å². The first-order valence-corrected chi connectivity index (χ1v) is 13.0. The second-order valence-corrected chi connectivity index (χ2v) is 10.2. The summed E-state index contributed by atoms with van der Waals surface area (Å²) in [6, 6.07) is 14.7. The topological polar surface area (TPSA) is 106 Å². The highest BCUT2D eigenvalue weighted by Crippen LogP contribution is 2.32. The van der Waals surface area contributed by atoms with E-state index in [2.05, 4.69) is 5.32 Å². The van der Waals surface area contributed by atoms with Gasteiger partial charge in [-0.15, -0.1) is 0 Å². The van der Waals surface area contributed by atoms with Gasteiger partial charge in [-0.2, -0.15) is 4.31 Å². The molecule has 1 aromatic heterocycles. The summed E-state index contributed by atoms with van der Waals surface area (Å²) in [5.74, 6) is 0.260. The van der Waals surface area contributed by atoms with Crippen LogP contribution < -0.4 is 10.1 Å². The van der Waals surface area contributed by atoms with Crippen LogP contribution in [0.4, 0.5) is 5.69 Å². The minimum absolute atomic E-state index is 0.0322. The maximum Gasteiger partial charge on any atom is 0.291 e. The fourth-order valence-electron chi connectivity index (χ4n) is 3.98. The smallest absolute Gasteiger partial charge is 0.291 e. The van der Waals surface area contributed by atoms with Crippen molar-refractivity contribution < 1.29 is 27.2 Å². The Balaban J connectivity index is 1.56. The van der Waals surface area contributed by atoms with Crippen LogP contribution in [0.15, 0.2) is 63.9 Å². The number of anilines is 1. The predicted octanol–water partition coefficient (Wildman–Crippen LogP) is 4.97. The zero-order valence-corrected chi connectivity index (χ0v) is 20.6. The maximum absolute atomic E-state index is 13.3. The highest BCUT2D eigenvalue weighted by Gasteiger charge is 2.29. The van der Waals surface area contributed by atoms with Gasteiger partial charge >= 0.3 is 0 Å². The summed E-state index contributed by atoms with van der Waals surface area (Å²) in [5, 5.41) is 2.72. The fourth-order valence-corrected chi connectivity index (χ4v) is 5.66. The van der Waals surface area contributed by atoms with E-state index in [1.54, 1.807) is 55.5 Å². The van der Waals surface area contributed by atoms with Crippen LogP contribution in [0, 0.1) is 0 Å². The Labute approximate surface area is 204 Å². The molecule has 184 valence electrons. The largest absolute Gasteiger partial charge is 0.492 e. The van der Waals surface area contributed by atoms with Crippen LogP contribution in [-0.2, 0) is 10.0 Å². The van der Waals surface area contributed by atoms with Crippen molar-refractivity contribution in [2.24, 2.45) is 0 Å². The normalized spacial score (nSPS) is 14.5. The number of ketones is 1. The molecule has 35 heavy (non-hydrogen) atoms. The van der Waals surface area contributed by atoms with E-state index >= 15 is 0 Å². The van der Waals surface area contributed by atoms with Crippen LogP contribution >= 0.6 is 0 Å². The molecule has 2 aromatic carbocycles. The minimum atomic E-state index is -3.77. The summed E-state index contributed by atoms with van der Waals surface area (Å²) in [6.45, 7) is 4.53. The van der Waals surface area contributed by atoms with E-state index in [1.165, 1.54) is 17.3 Å². The lowest BCUT2D eigenvalue weighted by Gasteiger charge is -2.27. The molecule has 0 aliphatic carbocycles.